The molecule has 0 aliphatic carbocycles. The van der Waals surface area contributed by atoms with Crippen LogP contribution in [0.15, 0.2) is 18.5 Å². The fraction of sp³-hybridized carbons (Fsp3) is 0.500. The standard InChI is InChI=1S/C10H15N3O2/c1-13(7-4-10(14)15-2)8-9-11-5-3-6-12-9/h3,5-6H,4,7-8H2,1-2H3. The van der Waals surface area contributed by atoms with Crippen molar-refractivity contribution in [1.29, 1.82) is 0 Å². The second kappa shape index (κ2) is 6.08. The summed E-state index contributed by atoms with van der Waals surface area (Å²) in [6.07, 6.45) is 3.80. The first-order valence-electron chi connectivity index (χ1n) is 4.73. The molecule has 0 spiro atoms. The van der Waals surface area contributed by atoms with Crippen LogP contribution in [0, 0.1) is 0 Å². The molecule has 1 aromatic heterocycles. The minimum atomic E-state index is -0.198. The molecule has 0 saturated heterocycles. The summed E-state index contributed by atoms with van der Waals surface area (Å²) in [5, 5.41) is 0. The van der Waals surface area contributed by atoms with E-state index < -0.39 is 0 Å². The highest BCUT2D eigenvalue weighted by molar-refractivity contribution is 5.69. The monoisotopic (exact) mass is 209 g/mol. The number of ether oxygens (including phenoxy) is 1. The molecule has 0 N–H and O–H groups in total. The Balaban J connectivity index is 2.30. The molecule has 0 radical (unpaired) electrons. The molecule has 0 aliphatic rings. The third-order valence-corrected chi connectivity index (χ3v) is 1.96. The van der Waals surface area contributed by atoms with Gasteiger partial charge in [0.25, 0.3) is 0 Å². The van der Waals surface area contributed by atoms with Crippen molar-refractivity contribution < 1.29 is 9.53 Å². The lowest BCUT2D eigenvalue weighted by molar-refractivity contribution is -0.140. The van der Waals surface area contributed by atoms with Gasteiger partial charge < -0.3 is 4.74 Å². The normalized spacial score (nSPS) is 10.3. The zero-order valence-electron chi connectivity index (χ0n) is 9.01. The van der Waals surface area contributed by atoms with Gasteiger partial charge in [0.1, 0.15) is 5.82 Å². The zero-order chi connectivity index (χ0) is 11.1. The van der Waals surface area contributed by atoms with E-state index in [1.54, 1.807) is 18.5 Å². The molecule has 15 heavy (non-hydrogen) atoms. The van der Waals surface area contributed by atoms with Crippen LogP contribution in [0.1, 0.15) is 12.2 Å². The molecule has 5 heteroatoms. The van der Waals surface area contributed by atoms with Crippen LogP contribution in [0.4, 0.5) is 0 Å². The van der Waals surface area contributed by atoms with Gasteiger partial charge in [0.15, 0.2) is 0 Å². The molecule has 1 aromatic rings. The fourth-order valence-corrected chi connectivity index (χ4v) is 1.12. The van der Waals surface area contributed by atoms with Gasteiger partial charge in [-0.3, -0.25) is 9.69 Å². The molecular weight excluding hydrogens is 194 g/mol. The van der Waals surface area contributed by atoms with Crippen LogP contribution in [0.3, 0.4) is 0 Å². The van der Waals surface area contributed by atoms with Crippen molar-refractivity contribution in [2.24, 2.45) is 0 Å². The Bertz CT molecular complexity index is 303. The number of rotatable bonds is 5. The first-order valence-corrected chi connectivity index (χ1v) is 4.73. The number of esters is 1. The molecule has 0 aliphatic heterocycles. The van der Waals surface area contributed by atoms with Gasteiger partial charge in [-0.2, -0.15) is 0 Å². The minimum Gasteiger partial charge on any atom is -0.469 e. The Kier molecular flexibility index (Phi) is 4.70. The van der Waals surface area contributed by atoms with E-state index in [9.17, 15) is 4.79 Å². The number of carbonyl (C=O) groups excluding carboxylic acids is 1. The predicted molar refractivity (Wildman–Crippen MR) is 55.0 cm³/mol. The molecule has 0 saturated carbocycles. The maximum absolute atomic E-state index is 10.9. The molecule has 0 aromatic carbocycles. The van der Waals surface area contributed by atoms with E-state index in [-0.39, 0.29) is 5.97 Å². The van der Waals surface area contributed by atoms with Crippen LogP contribution in [-0.4, -0.2) is 41.5 Å². The molecule has 5 nitrogen and oxygen atoms in total. The number of hydrogen-bond acceptors (Lipinski definition) is 5. The second-order valence-corrected chi connectivity index (χ2v) is 3.23. The number of nitrogens with zero attached hydrogens (tertiary/aromatic N) is 3. The second-order valence-electron chi connectivity index (χ2n) is 3.23. The summed E-state index contributed by atoms with van der Waals surface area (Å²) in [6, 6.07) is 1.78. The first kappa shape index (κ1) is 11.6. The minimum absolute atomic E-state index is 0.198. The van der Waals surface area contributed by atoms with Crippen molar-refractivity contribution in [2.75, 3.05) is 20.7 Å². The van der Waals surface area contributed by atoms with Gasteiger partial charge in [-0.15, -0.1) is 0 Å². The molecule has 0 bridgehead atoms. The molecule has 1 heterocycles. The lowest BCUT2D eigenvalue weighted by Gasteiger charge is -2.14. The molecule has 0 fully saturated rings. The Morgan fingerprint density at radius 1 is 1.47 bits per heavy atom. The Morgan fingerprint density at radius 3 is 2.73 bits per heavy atom. The molecule has 0 amide bonds. The van der Waals surface area contributed by atoms with Crippen LogP contribution in [0.2, 0.25) is 0 Å². The number of aromatic nitrogens is 2. The quantitative estimate of drug-likeness (QED) is 0.660. The number of carbonyl (C=O) groups is 1. The highest BCUT2D eigenvalue weighted by atomic mass is 16.5. The van der Waals surface area contributed by atoms with E-state index in [1.807, 2.05) is 11.9 Å². The van der Waals surface area contributed by atoms with E-state index in [4.69, 9.17) is 0 Å². The Hall–Kier alpha value is -1.49. The topological polar surface area (TPSA) is 55.3 Å². The third kappa shape index (κ3) is 4.51. The Labute approximate surface area is 89.1 Å². The number of hydrogen-bond donors (Lipinski definition) is 0. The van der Waals surface area contributed by atoms with E-state index in [2.05, 4.69) is 14.7 Å². The van der Waals surface area contributed by atoms with Gasteiger partial charge >= 0.3 is 5.97 Å². The fourth-order valence-electron chi connectivity index (χ4n) is 1.12. The summed E-state index contributed by atoms with van der Waals surface area (Å²) in [5.41, 5.74) is 0. The van der Waals surface area contributed by atoms with E-state index in [0.29, 0.717) is 19.5 Å². The maximum atomic E-state index is 10.9. The van der Waals surface area contributed by atoms with Crippen LogP contribution in [0.5, 0.6) is 0 Å². The van der Waals surface area contributed by atoms with Crippen molar-refractivity contribution in [3.05, 3.63) is 24.3 Å². The van der Waals surface area contributed by atoms with Crippen molar-refractivity contribution in [2.45, 2.75) is 13.0 Å². The lowest BCUT2D eigenvalue weighted by Crippen LogP contribution is -2.22. The summed E-state index contributed by atoms with van der Waals surface area (Å²) < 4.78 is 4.55. The first-order chi connectivity index (χ1) is 7.22. The van der Waals surface area contributed by atoms with Crippen molar-refractivity contribution in [1.82, 2.24) is 14.9 Å². The third-order valence-electron chi connectivity index (χ3n) is 1.96. The van der Waals surface area contributed by atoms with Crippen molar-refractivity contribution >= 4 is 5.97 Å². The maximum Gasteiger partial charge on any atom is 0.306 e. The molecule has 0 atom stereocenters. The summed E-state index contributed by atoms with van der Waals surface area (Å²) in [7, 11) is 3.31. The highest BCUT2D eigenvalue weighted by Gasteiger charge is 2.05. The smallest absolute Gasteiger partial charge is 0.306 e. The summed E-state index contributed by atoms with van der Waals surface area (Å²) in [5.74, 6) is 0.556. The summed E-state index contributed by atoms with van der Waals surface area (Å²) in [4.78, 5) is 21.1. The van der Waals surface area contributed by atoms with Crippen LogP contribution < -0.4 is 0 Å². The van der Waals surface area contributed by atoms with Gasteiger partial charge in [-0.1, -0.05) is 0 Å². The van der Waals surface area contributed by atoms with Crippen LogP contribution in [-0.2, 0) is 16.1 Å². The molecule has 82 valence electrons. The van der Waals surface area contributed by atoms with E-state index in [0.717, 1.165) is 5.82 Å². The van der Waals surface area contributed by atoms with Crippen molar-refractivity contribution in [3.63, 3.8) is 0 Å². The zero-order valence-corrected chi connectivity index (χ0v) is 9.01. The van der Waals surface area contributed by atoms with Gasteiger partial charge in [0, 0.05) is 18.9 Å². The SMILES string of the molecule is COC(=O)CCN(C)Cc1ncccn1. The number of methoxy groups -OCH3 is 1. The van der Waals surface area contributed by atoms with Gasteiger partial charge in [-0.05, 0) is 13.1 Å². The molecular formula is C10H15N3O2. The average molecular weight is 209 g/mol. The Morgan fingerprint density at radius 2 is 2.13 bits per heavy atom. The summed E-state index contributed by atoms with van der Waals surface area (Å²) in [6.45, 7) is 1.28. The van der Waals surface area contributed by atoms with E-state index in [1.165, 1.54) is 7.11 Å². The van der Waals surface area contributed by atoms with Crippen LogP contribution >= 0.6 is 0 Å². The summed E-state index contributed by atoms with van der Waals surface area (Å²) >= 11 is 0. The lowest BCUT2D eigenvalue weighted by atomic mass is 10.4. The molecule has 0 unspecified atom stereocenters. The largest absolute Gasteiger partial charge is 0.469 e. The van der Waals surface area contributed by atoms with E-state index >= 15 is 0 Å². The average Bonchev–Trinajstić information content (AvgIpc) is 2.27. The van der Waals surface area contributed by atoms with Gasteiger partial charge in [0.2, 0.25) is 0 Å². The highest BCUT2D eigenvalue weighted by Crippen LogP contribution is 1.96. The molecule has 1 rings (SSSR count). The van der Waals surface area contributed by atoms with Crippen LogP contribution in [0.25, 0.3) is 0 Å². The predicted octanol–water partition coefficient (Wildman–Crippen LogP) is 0.471. The van der Waals surface area contributed by atoms with Crippen molar-refractivity contribution in [3.8, 4) is 0 Å². The van der Waals surface area contributed by atoms with Gasteiger partial charge in [-0.25, -0.2) is 9.97 Å². The van der Waals surface area contributed by atoms with Gasteiger partial charge in [0.05, 0.1) is 20.1 Å².